The SMILES string of the molecule is CCOC(=O)CCCSC1Nc2cccc3c4c(cc(c23)O1)N(C(=O)c1cc2cc(NC(=O)c3cc5ccccc5[nH]3)ccc2[nH]1)C[C@H]4CCl. The zero-order valence-corrected chi connectivity index (χ0v) is 28.7. The van der Waals surface area contributed by atoms with Crippen LogP contribution in [0.4, 0.5) is 17.1 Å². The number of nitrogens with one attached hydrogen (secondary N) is 4. The Morgan fingerprint density at radius 2 is 1.80 bits per heavy atom. The van der Waals surface area contributed by atoms with Crippen LogP contribution >= 0.6 is 23.4 Å². The van der Waals surface area contributed by atoms with Crippen LogP contribution in [0.25, 0.3) is 32.6 Å². The normalized spacial score (nSPS) is 16.3. The lowest BCUT2D eigenvalue weighted by atomic mass is 9.94. The van der Waals surface area contributed by atoms with Gasteiger partial charge in [0.2, 0.25) is 5.56 Å². The molecule has 0 aliphatic carbocycles. The zero-order valence-electron chi connectivity index (χ0n) is 27.2. The van der Waals surface area contributed by atoms with Crippen molar-refractivity contribution in [2.24, 2.45) is 0 Å². The number of aromatic amines is 2. The predicted molar refractivity (Wildman–Crippen MR) is 200 cm³/mol. The van der Waals surface area contributed by atoms with Gasteiger partial charge in [-0.3, -0.25) is 14.4 Å². The molecular weight excluding hydrogens is 674 g/mol. The van der Waals surface area contributed by atoms with Crippen LogP contribution in [-0.2, 0) is 9.53 Å². The number of hydrogen-bond acceptors (Lipinski definition) is 7. The van der Waals surface area contributed by atoms with E-state index in [0.717, 1.165) is 49.5 Å². The summed E-state index contributed by atoms with van der Waals surface area (Å²) >= 11 is 8.12. The molecule has 2 atom stereocenters. The number of thioether (sulfide) groups is 1. The molecule has 4 N–H and O–H groups in total. The second-order valence-electron chi connectivity index (χ2n) is 12.4. The first-order valence-electron chi connectivity index (χ1n) is 16.6. The summed E-state index contributed by atoms with van der Waals surface area (Å²) < 4.78 is 11.5. The number of esters is 1. The van der Waals surface area contributed by atoms with Crippen molar-refractivity contribution in [2.75, 3.05) is 40.3 Å². The van der Waals surface area contributed by atoms with Gasteiger partial charge >= 0.3 is 5.97 Å². The quantitative estimate of drug-likeness (QED) is 0.0642. The third kappa shape index (κ3) is 5.90. The van der Waals surface area contributed by atoms with Crippen molar-refractivity contribution in [1.29, 1.82) is 0 Å². The molecule has 8 rings (SSSR count). The number of nitrogens with zero attached hydrogens (tertiary/aromatic N) is 1. The van der Waals surface area contributed by atoms with Gasteiger partial charge in [-0.05, 0) is 72.5 Å². The monoisotopic (exact) mass is 707 g/mol. The number of alkyl halides is 1. The average molecular weight is 708 g/mol. The van der Waals surface area contributed by atoms with Crippen molar-refractivity contribution in [3.05, 3.63) is 95.8 Å². The van der Waals surface area contributed by atoms with E-state index in [1.807, 2.05) is 72.8 Å². The minimum Gasteiger partial charge on any atom is -0.466 e. The summed E-state index contributed by atoms with van der Waals surface area (Å²) in [5, 5.41) is 10.2. The van der Waals surface area contributed by atoms with Gasteiger partial charge in [0.05, 0.1) is 12.3 Å². The number of carbonyl (C=O) groups is 3. The molecule has 0 spiro atoms. The van der Waals surface area contributed by atoms with Crippen molar-refractivity contribution >= 4 is 90.8 Å². The smallest absolute Gasteiger partial charge is 0.305 e. The van der Waals surface area contributed by atoms with Crippen LogP contribution in [0.1, 0.15) is 52.2 Å². The molecule has 2 aromatic heterocycles. The molecule has 0 fully saturated rings. The number of aromatic nitrogens is 2. The summed E-state index contributed by atoms with van der Waals surface area (Å²) in [6.45, 7) is 2.61. The second kappa shape index (κ2) is 13.3. The van der Waals surface area contributed by atoms with E-state index in [1.54, 1.807) is 23.6 Å². The van der Waals surface area contributed by atoms with Crippen molar-refractivity contribution < 1.29 is 23.9 Å². The van der Waals surface area contributed by atoms with E-state index < -0.39 is 0 Å². The molecule has 1 unspecified atom stereocenters. The molecule has 254 valence electrons. The molecule has 12 heteroatoms. The maximum absolute atomic E-state index is 14.2. The number of anilines is 3. The molecule has 10 nitrogen and oxygen atoms in total. The van der Waals surface area contributed by atoms with Gasteiger partial charge in [0.25, 0.3) is 11.8 Å². The van der Waals surface area contributed by atoms with E-state index in [4.69, 9.17) is 21.1 Å². The number of carbonyl (C=O) groups excluding carboxylic acids is 3. The highest BCUT2D eigenvalue weighted by Crippen LogP contribution is 2.50. The first-order valence-corrected chi connectivity index (χ1v) is 18.2. The van der Waals surface area contributed by atoms with Crippen molar-refractivity contribution in [3.8, 4) is 5.75 Å². The average Bonchev–Trinajstić information content (AvgIpc) is 3.85. The highest BCUT2D eigenvalue weighted by molar-refractivity contribution is 7.99. The number of rotatable bonds is 10. The molecule has 0 radical (unpaired) electrons. The summed E-state index contributed by atoms with van der Waals surface area (Å²) in [5.41, 5.74) is 5.59. The molecule has 0 saturated heterocycles. The number of hydrogen-bond donors (Lipinski definition) is 4. The summed E-state index contributed by atoms with van der Waals surface area (Å²) in [6, 6.07) is 25.0. The second-order valence-corrected chi connectivity index (χ2v) is 13.9. The summed E-state index contributed by atoms with van der Waals surface area (Å²) in [4.78, 5) is 47.2. The number of para-hydroxylation sites is 1. The van der Waals surface area contributed by atoms with E-state index >= 15 is 0 Å². The lowest BCUT2D eigenvalue weighted by Gasteiger charge is -2.29. The van der Waals surface area contributed by atoms with Crippen molar-refractivity contribution in [1.82, 2.24) is 9.97 Å². The molecule has 6 aromatic rings. The first kappa shape index (κ1) is 32.1. The standard InChI is InChI=1S/C38H34ClN5O5S/c1-2-48-33(45)11-6-14-50-38-43-28-10-5-8-25-34-23(19-39)20-44(31(34)18-32(49-38)35(25)28)37(47)30-17-22-15-24(12-13-27(22)42-30)40-36(46)29-16-21-7-3-4-9-26(21)41-29/h3-5,7-10,12-13,15-18,23,38,41-43H,2,6,11,14,19-20H2,1H3,(H,40,46)/t23-,38?/m1/s1. The van der Waals surface area contributed by atoms with E-state index in [0.29, 0.717) is 60.5 Å². The van der Waals surface area contributed by atoms with Gasteiger partial charge < -0.3 is 35.0 Å². The third-order valence-electron chi connectivity index (χ3n) is 9.17. The van der Waals surface area contributed by atoms with Gasteiger partial charge in [0, 0.05) is 69.4 Å². The van der Waals surface area contributed by atoms with Crippen LogP contribution in [-0.4, -0.2) is 58.1 Å². The Labute approximate surface area is 296 Å². The van der Waals surface area contributed by atoms with Crippen LogP contribution < -0.4 is 20.3 Å². The molecule has 2 aliphatic rings. The minimum absolute atomic E-state index is 0.0641. The van der Waals surface area contributed by atoms with Crippen LogP contribution in [0.2, 0.25) is 0 Å². The van der Waals surface area contributed by atoms with E-state index in [1.165, 1.54) is 0 Å². The number of benzene rings is 4. The first-order chi connectivity index (χ1) is 24.4. The Morgan fingerprint density at radius 1 is 0.980 bits per heavy atom. The predicted octanol–water partition coefficient (Wildman–Crippen LogP) is 8.20. The Bertz CT molecular complexity index is 2270. The number of ether oxygens (including phenoxy) is 2. The van der Waals surface area contributed by atoms with Crippen molar-refractivity contribution in [2.45, 2.75) is 31.2 Å². The maximum atomic E-state index is 14.2. The molecule has 50 heavy (non-hydrogen) atoms. The maximum Gasteiger partial charge on any atom is 0.305 e. The van der Waals surface area contributed by atoms with E-state index in [9.17, 15) is 14.4 Å². The molecule has 0 saturated carbocycles. The van der Waals surface area contributed by atoms with E-state index in [-0.39, 0.29) is 29.3 Å². The molecule has 0 bridgehead atoms. The Morgan fingerprint density at radius 3 is 2.64 bits per heavy atom. The molecular formula is C38H34ClN5O5S. The number of fused-ring (bicyclic) bond motifs is 4. The number of amides is 2. The fourth-order valence-corrected chi connectivity index (χ4v) is 8.06. The van der Waals surface area contributed by atoms with Crippen LogP contribution in [0.3, 0.4) is 0 Å². The van der Waals surface area contributed by atoms with Gasteiger partial charge in [-0.15, -0.1) is 11.6 Å². The lowest BCUT2D eigenvalue weighted by molar-refractivity contribution is -0.143. The van der Waals surface area contributed by atoms with Gasteiger partial charge in [-0.25, -0.2) is 0 Å². The summed E-state index contributed by atoms with van der Waals surface area (Å²) in [7, 11) is 0. The molecule has 4 aromatic carbocycles. The Balaban J connectivity index is 1.04. The Kier molecular flexibility index (Phi) is 8.54. The fourth-order valence-electron chi connectivity index (χ4n) is 6.90. The lowest BCUT2D eigenvalue weighted by Crippen LogP contribution is -2.30. The molecule has 2 aliphatic heterocycles. The number of halogens is 1. The van der Waals surface area contributed by atoms with Crippen LogP contribution in [0.5, 0.6) is 5.75 Å². The largest absolute Gasteiger partial charge is 0.466 e. The highest BCUT2D eigenvalue weighted by atomic mass is 35.5. The third-order valence-corrected chi connectivity index (χ3v) is 10.6. The summed E-state index contributed by atoms with van der Waals surface area (Å²) in [6.07, 6.45) is 1.03. The highest BCUT2D eigenvalue weighted by Gasteiger charge is 2.37. The number of H-pyrrole nitrogens is 2. The van der Waals surface area contributed by atoms with Crippen LogP contribution in [0.15, 0.2) is 78.9 Å². The van der Waals surface area contributed by atoms with Crippen molar-refractivity contribution in [3.63, 3.8) is 0 Å². The zero-order chi connectivity index (χ0) is 34.4. The van der Waals surface area contributed by atoms with E-state index in [2.05, 4.69) is 26.7 Å². The van der Waals surface area contributed by atoms with Gasteiger partial charge in [-0.2, -0.15) is 0 Å². The van der Waals surface area contributed by atoms with Crippen LogP contribution in [0, 0.1) is 0 Å². The Hall–Kier alpha value is -5.13. The minimum atomic E-state index is -0.359. The molecule has 2 amide bonds. The van der Waals surface area contributed by atoms with Gasteiger partial charge in [-0.1, -0.05) is 42.1 Å². The molecule has 4 heterocycles. The fraction of sp³-hybridized carbons (Fsp3) is 0.237. The van der Waals surface area contributed by atoms with Gasteiger partial charge in [0.1, 0.15) is 17.1 Å². The summed E-state index contributed by atoms with van der Waals surface area (Å²) in [5.74, 6) is 1.07. The van der Waals surface area contributed by atoms with Gasteiger partial charge in [0.15, 0.2) is 0 Å². The topological polar surface area (TPSA) is 129 Å².